The normalized spacial score (nSPS) is 10.8. The maximum Gasteiger partial charge on any atom is 0.139 e. The molecule has 144 valence electrons. The number of benzene rings is 4. The first-order valence-corrected chi connectivity index (χ1v) is 10.0. The lowest BCUT2D eigenvalue weighted by Gasteiger charge is -2.16. The van der Waals surface area contributed by atoms with Gasteiger partial charge in [-0.3, -0.25) is 0 Å². The van der Waals surface area contributed by atoms with Crippen LogP contribution in [0.4, 0.5) is 0 Å². The van der Waals surface area contributed by atoms with E-state index in [2.05, 4.69) is 71.3 Å². The Bertz CT molecular complexity index is 1270. The summed E-state index contributed by atoms with van der Waals surface area (Å²) in [4.78, 5) is 0. The third kappa shape index (κ3) is 3.19. The Morgan fingerprint density at radius 2 is 1.00 bits per heavy atom. The molecule has 0 aliphatic carbocycles. The number of phenolic OH excluding ortho intramolecular Hbond substituents is 1. The number of rotatable bonds is 4. The molecule has 30 heavy (non-hydrogen) atoms. The SMILES string of the molecule is Oc1ccccc1-n1c(-c2ccccc2)cc(-c2ccccc2)c1-c1ccccc1. The van der Waals surface area contributed by atoms with Crippen molar-refractivity contribution >= 4 is 0 Å². The first-order chi connectivity index (χ1) is 14.8. The number of hydrogen-bond donors (Lipinski definition) is 1. The molecule has 0 spiro atoms. The van der Waals surface area contributed by atoms with Gasteiger partial charge in [0.1, 0.15) is 5.75 Å². The van der Waals surface area contributed by atoms with Gasteiger partial charge in [-0.2, -0.15) is 0 Å². The van der Waals surface area contributed by atoms with Gasteiger partial charge in [0.15, 0.2) is 0 Å². The van der Waals surface area contributed by atoms with E-state index in [0.29, 0.717) is 0 Å². The molecule has 0 amide bonds. The van der Waals surface area contributed by atoms with Crippen LogP contribution in [0.15, 0.2) is 121 Å². The van der Waals surface area contributed by atoms with Gasteiger partial charge in [0.2, 0.25) is 0 Å². The lowest BCUT2D eigenvalue weighted by molar-refractivity contribution is 0.472. The highest BCUT2D eigenvalue weighted by Crippen LogP contribution is 2.42. The molecule has 1 aromatic heterocycles. The molecule has 1 heterocycles. The van der Waals surface area contributed by atoms with Crippen LogP contribution < -0.4 is 0 Å². The van der Waals surface area contributed by atoms with E-state index in [1.54, 1.807) is 6.07 Å². The topological polar surface area (TPSA) is 25.2 Å². The Morgan fingerprint density at radius 3 is 1.60 bits per heavy atom. The summed E-state index contributed by atoms with van der Waals surface area (Å²) >= 11 is 0. The molecule has 4 aromatic carbocycles. The number of aromatic hydroxyl groups is 1. The quantitative estimate of drug-likeness (QED) is 0.347. The molecule has 0 unspecified atom stereocenters. The Kier molecular flexibility index (Phi) is 4.66. The number of para-hydroxylation sites is 2. The van der Waals surface area contributed by atoms with Crippen LogP contribution in [-0.4, -0.2) is 9.67 Å². The van der Waals surface area contributed by atoms with E-state index in [-0.39, 0.29) is 5.75 Å². The molecule has 0 atom stereocenters. The van der Waals surface area contributed by atoms with Crippen LogP contribution >= 0.6 is 0 Å². The molecule has 0 aliphatic rings. The zero-order valence-electron chi connectivity index (χ0n) is 16.4. The second kappa shape index (κ2) is 7.76. The summed E-state index contributed by atoms with van der Waals surface area (Å²) in [6.07, 6.45) is 0. The van der Waals surface area contributed by atoms with Crippen LogP contribution in [0.3, 0.4) is 0 Å². The van der Waals surface area contributed by atoms with E-state index < -0.39 is 0 Å². The fourth-order valence-corrected chi connectivity index (χ4v) is 3.95. The number of hydrogen-bond acceptors (Lipinski definition) is 1. The van der Waals surface area contributed by atoms with Crippen LogP contribution in [0.1, 0.15) is 0 Å². The van der Waals surface area contributed by atoms with E-state index >= 15 is 0 Å². The second-order valence-electron chi connectivity index (χ2n) is 7.21. The van der Waals surface area contributed by atoms with Gasteiger partial charge >= 0.3 is 0 Å². The predicted molar refractivity (Wildman–Crippen MR) is 124 cm³/mol. The summed E-state index contributed by atoms with van der Waals surface area (Å²) in [5.41, 5.74) is 7.32. The third-order valence-electron chi connectivity index (χ3n) is 5.32. The summed E-state index contributed by atoms with van der Waals surface area (Å²) in [5.74, 6) is 0.252. The molecule has 2 heteroatoms. The average Bonchev–Trinajstić information content (AvgIpc) is 3.21. The van der Waals surface area contributed by atoms with E-state index in [1.807, 2.05) is 48.5 Å². The Labute approximate surface area is 176 Å². The van der Waals surface area contributed by atoms with Gasteiger partial charge < -0.3 is 9.67 Å². The summed E-state index contributed by atoms with van der Waals surface area (Å²) in [6.45, 7) is 0. The zero-order valence-corrected chi connectivity index (χ0v) is 16.4. The van der Waals surface area contributed by atoms with Gasteiger partial charge in [0.05, 0.1) is 17.1 Å². The fraction of sp³-hybridized carbons (Fsp3) is 0. The minimum absolute atomic E-state index is 0.252. The standard InChI is InChI=1S/C28H21NO/c30-27-19-11-10-18-25(27)29-26(22-14-6-2-7-15-22)20-24(21-12-4-1-5-13-21)28(29)23-16-8-3-9-17-23/h1-20,30H. The maximum absolute atomic E-state index is 10.8. The van der Waals surface area contributed by atoms with Crippen LogP contribution in [0.25, 0.3) is 39.3 Å². The molecule has 0 saturated carbocycles. The first-order valence-electron chi connectivity index (χ1n) is 10.0. The van der Waals surface area contributed by atoms with Gasteiger partial charge in [0, 0.05) is 5.56 Å². The van der Waals surface area contributed by atoms with Crippen molar-refractivity contribution in [3.63, 3.8) is 0 Å². The zero-order chi connectivity index (χ0) is 20.3. The predicted octanol–water partition coefficient (Wildman–Crippen LogP) is 7.18. The van der Waals surface area contributed by atoms with Crippen LogP contribution in [0.2, 0.25) is 0 Å². The summed E-state index contributed by atoms with van der Waals surface area (Å²) in [6, 6.07) is 40.8. The van der Waals surface area contributed by atoms with Crippen LogP contribution in [0.5, 0.6) is 5.75 Å². The van der Waals surface area contributed by atoms with E-state index in [0.717, 1.165) is 39.3 Å². The number of aromatic nitrogens is 1. The molecule has 5 rings (SSSR count). The van der Waals surface area contributed by atoms with Crippen molar-refractivity contribution in [3.05, 3.63) is 121 Å². The highest BCUT2D eigenvalue weighted by molar-refractivity contribution is 5.89. The van der Waals surface area contributed by atoms with E-state index in [1.165, 1.54) is 0 Å². The smallest absolute Gasteiger partial charge is 0.139 e. The Morgan fingerprint density at radius 1 is 0.500 bits per heavy atom. The summed E-state index contributed by atoms with van der Waals surface area (Å²) < 4.78 is 2.17. The van der Waals surface area contributed by atoms with Crippen LogP contribution in [-0.2, 0) is 0 Å². The average molecular weight is 387 g/mol. The number of phenols is 1. The maximum atomic E-state index is 10.8. The fourth-order valence-electron chi connectivity index (χ4n) is 3.95. The van der Waals surface area contributed by atoms with Crippen molar-refractivity contribution in [1.29, 1.82) is 0 Å². The minimum Gasteiger partial charge on any atom is -0.506 e. The van der Waals surface area contributed by atoms with Crippen molar-refractivity contribution in [1.82, 2.24) is 4.57 Å². The van der Waals surface area contributed by atoms with Gasteiger partial charge in [-0.05, 0) is 34.9 Å². The number of nitrogens with zero attached hydrogens (tertiary/aromatic N) is 1. The van der Waals surface area contributed by atoms with Crippen molar-refractivity contribution in [2.45, 2.75) is 0 Å². The molecule has 0 saturated heterocycles. The molecule has 0 radical (unpaired) electrons. The lowest BCUT2D eigenvalue weighted by atomic mass is 10.0. The largest absolute Gasteiger partial charge is 0.506 e. The second-order valence-corrected chi connectivity index (χ2v) is 7.21. The van der Waals surface area contributed by atoms with Crippen molar-refractivity contribution in [2.75, 3.05) is 0 Å². The van der Waals surface area contributed by atoms with E-state index in [4.69, 9.17) is 0 Å². The van der Waals surface area contributed by atoms with Gasteiger partial charge in [-0.15, -0.1) is 0 Å². The van der Waals surface area contributed by atoms with Crippen molar-refractivity contribution in [3.8, 4) is 45.1 Å². The summed E-state index contributed by atoms with van der Waals surface area (Å²) in [5, 5.41) is 10.8. The Balaban J connectivity index is 1.91. The monoisotopic (exact) mass is 387 g/mol. The molecule has 0 aliphatic heterocycles. The molecule has 0 bridgehead atoms. The molecule has 5 aromatic rings. The first kappa shape index (κ1) is 18.0. The van der Waals surface area contributed by atoms with Crippen molar-refractivity contribution in [2.24, 2.45) is 0 Å². The van der Waals surface area contributed by atoms with Crippen molar-refractivity contribution < 1.29 is 5.11 Å². The molecule has 2 nitrogen and oxygen atoms in total. The Hall–Kier alpha value is -4.04. The highest BCUT2D eigenvalue weighted by Gasteiger charge is 2.21. The van der Waals surface area contributed by atoms with E-state index in [9.17, 15) is 5.11 Å². The highest BCUT2D eigenvalue weighted by atomic mass is 16.3. The van der Waals surface area contributed by atoms with Crippen LogP contribution in [0, 0.1) is 0 Å². The lowest BCUT2D eigenvalue weighted by Crippen LogP contribution is -2.00. The minimum atomic E-state index is 0.252. The van der Waals surface area contributed by atoms with Gasteiger partial charge in [-0.1, -0.05) is 103 Å². The molecule has 1 N–H and O–H groups in total. The molecular formula is C28H21NO. The van der Waals surface area contributed by atoms with Gasteiger partial charge in [0.25, 0.3) is 0 Å². The molecular weight excluding hydrogens is 366 g/mol. The van der Waals surface area contributed by atoms with Gasteiger partial charge in [-0.25, -0.2) is 0 Å². The molecule has 0 fully saturated rings. The third-order valence-corrected chi connectivity index (χ3v) is 5.32. The summed E-state index contributed by atoms with van der Waals surface area (Å²) in [7, 11) is 0.